The Labute approximate surface area is 115 Å². The minimum atomic E-state index is -0.216. The molecule has 3 aromatic rings. The first-order valence-electron chi connectivity index (χ1n) is 6.16. The molecule has 0 radical (unpaired) electrons. The zero-order valence-electron chi connectivity index (χ0n) is 10.9. The predicted octanol–water partition coefficient (Wildman–Crippen LogP) is 2.82. The van der Waals surface area contributed by atoms with Gasteiger partial charge in [-0.25, -0.2) is 4.98 Å². The highest BCUT2D eigenvalue weighted by Crippen LogP contribution is 2.24. The predicted molar refractivity (Wildman–Crippen MR) is 77.0 cm³/mol. The Morgan fingerprint density at radius 1 is 1.20 bits per heavy atom. The second kappa shape index (κ2) is 5.05. The zero-order valence-corrected chi connectivity index (χ0v) is 10.9. The maximum absolute atomic E-state index is 12.4. The van der Waals surface area contributed by atoms with Crippen LogP contribution in [0.2, 0.25) is 0 Å². The second-order valence-corrected chi connectivity index (χ2v) is 4.26. The van der Waals surface area contributed by atoms with Crippen molar-refractivity contribution in [2.75, 3.05) is 12.4 Å². The summed E-state index contributed by atoms with van der Waals surface area (Å²) < 4.78 is 5.22. The summed E-state index contributed by atoms with van der Waals surface area (Å²) in [7, 11) is 1.57. The van der Waals surface area contributed by atoms with Crippen LogP contribution in [0.5, 0.6) is 5.75 Å². The summed E-state index contributed by atoms with van der Waals surface area (Å²) in [5, 5.41) is 2.84. The van der Waals surface area contributed by atoms with E-state index in [1.807, 2.05) is 24.3 Å². The lowest BCUT2D eigenvalue weighted by molar-refractivity contribution is 0.102. The number of fused-ring (bicyclic) bond motifs is 1. The maximum atomic E-state index is 12.4. The van der Waals surface area contributed by atoms with Crippen LogP contribution < -0.4 is 10.1 Å². The molecule has 2 aromatic carbocycles. The number of para-hydroxylation sites is 3. The Morgan fingerprint density at radius 3 is 2.90 bits per heavy atom. The zero-order chi connectivity index (χ0) is 13.9. The van der Waals surface area contributed by atoms with Crippen LogP contribution in [-0.2, 0) is 0 Å². The normalized spacial score (nSPS) is 10.4. The average Bonchev–Trinajstić information content (AvgIpc) is 2.96. The van der Waals surface area contributed by atoms with Gasteiger partial charge in [-0.05, 0) is 24.3 Å². The Balaban J connectivity index is 1.95. The van der Waals surface area contributed by atoms with Crippen LogP contribution in [0.4, 0.5) is 5.69 Å². The van der Waals surface area contributed by atoms with Gasteiger partial charge in [0.15, 0.2) is 0 Å². The third kappa shape index (κ3) is 2.09. The molecular weight excluding hydrogens is 254 g/mol. The van der Waals surface area contributed by atoms with Gasteiger partial charge in [-0.15, -0.1) is 0 Å². The standard InChI is InChI=1S/C15H13N3O2/c1-20-13-8-3-2-6-11(13)18-15(19)10-5-4-7-12-14(10)17-9-16-12/h2-9H,1H3,(H,16,17)(H,18,19). The number of ether oxygens (including phenoxy) is 1. The Hall–Kier alpha value is -2.82. The lowest BCUT2D eigenvalue weighted by Gasteiger charge is -2.09. The van der Waals surface area contributed by atoms with E-state index in [2.05, 4.69) is 15.3 Å². The third-order valence-electron chi connectivity index (χ3n) is 3.05. The Morgan fingerprint density at radius 2 is 2.05 bits per heavy atom. The number of imidazole rings is 1. The van der Waals surface area contributed by atoms with Crippen molar-refractivity contribution in [2.45, 2.75) is 0 Å². The molecule has 0 aliphatic heterocycles. The number of nitrogens with one attached hydrogen (secondary N) is 2. The molecule has 0 saturated heterocycles. The number of anilines is 1. The quantitative estimate of drug-likeness (QED) is 0.766. The number of aromatic amines is 1. The minimum Gasteiger partial charge on any atom is -0.495 e. The molecule has 0 aliphatic carbocycles. The number of H-pyrrole nitrogens is 1. The molecule has 20 heavy (non-hydrogen) atoms. The van der Waals surface area contributed by atoms with Gasteiger partial charge in [0.2, 0.25) is 0 Å². The van der Waals surface area contributed by atoms with Gasteiger partial charge < -0.3 is 15.0 Å². The molecule has 1 heterocycles. The van der Waals surface area contributed by atoms with Gasteiger partial charge in [-0.1, -0.05) is 18.2 Å². The van der Waals surface area contributed by atoms with Gasteiger partial charge in [0.25, 0.3) is 5.91 Å². The highest BCUT2D eigenvalue weighted by Gasteiger charge is 2.13. The van der Waals surface area contributed by atoms with Crippen LogP contribution in [0.15, 0.2) is 48.8 Å². The van der Waals surface area contributed by atoms with Gasteiger partial charge in [-0.3, -0.25) is 4.79 Å². The SMILES string of the molecule is COc1ccccc1NC(=O)c1cccc2[nH]cnc12. The lowest BCUT2D eigenvalue weighted by Crippen LogP contribution is -2.13. The highest BCUT2D eigenvalue weighted by molar-refractivity contribution is 6.11. The molecule has 2 N–H and O–H groups in total. The maximum Gasteiger partial charge on any atom is 0.258 e. The van der Waals surface area contributed by atoms with Crippen LogP contribution >= 0.6 is 0 Å². The summed E-state index contributed by atoms with van der Waals surface area (Å²) in [5.41, 5.74) is 2.64. The van der Waals surface area contributed by atoms with Crippen LogP contribution in [-0.4, -0.2) is 23.0 Å². The first-order chi connectivity index (χ1) is 9.79. The van der Waals surface area contributed by atoms with Crippen LogP contribution in [0.25, 0.3) is 11.0 Å². The van der Waals surface area contributed by atoms with E-state index in [1.54, 1.807) is 31.6 Å². The molecule has 0 atom stereocenters. The summed E-state index contributed by atoms with van der Waals surface area (Å²) in [6.45, 7) is 0. The lowest BCUT2D eigenvalue weighted by atomic mass is 10.1. The molecule has 0 saturated carbocycles. The number of aromatic nitrogens is 2. The van der Waals surface area contributed by atoms with Crippen molar-refractivity contribution in [1.29, 1.82) is 0 Å². The van der Waals surface area contributed by atoms with Crippen LogP contribution in [0.1, 0.15) is 10.4 Å². The molecule has 0 aliphatic rings. The summed E-state index contributed by atoms with van der Waals surface area (Å²) in [6.07, 6.45) is 1.57. The van der Waals surface area contributed by atoms with E-state index in [-0.39, 0.29) is 5.91 Å². The number of carbonyl (C=O) groups excluding carboxylic acids is 1. The van der Waals surface area contributed by atoms with Gasteiger partial charge in [-0.2, -0.15) is 0 Å². The van der Waals surface area contributed by atoms with Crippen molar-refractivity contribution in [3.63, 3.8) is 0 Å². The molecule has 5 heteroatoms. The van der Waals surface area contributed by atoms with E-state index >= 15 is 0 Å². The third-order valence-corrected chi connectivity index (χ3v) is 3.05. The minimum absolute atomic E-state index is 0.216. The summed E-state index contributed by atoms with van der Waals surface area (Å²) >= 11 is 0. The van der Waals surface area contributed by atoms with E-state index in [0.29, 0.717) is 22.5 Å². The Bertz CT molecular complexity index is 764. The smallest absolute Gasteiger partial charge is 0.258 e. The Kier molecular flexibility index (Phi) is 3.09. The number of benzene rings is 2. The van der Waals surface area contributed by atoms with Gasteiger partial charge in [0.1, 0.15) is 11.3 Å². The number of hydrogen-bond acceptors (Lipinski definition) is 3. The molecule has 3 rings (SSSR count). The van der Waals surface area contributed by atoms with E-state index in [0.717, 1.165) is 5.52 Å². The van der Waals surface area contributed by atoms with Gasteiger partial charge in [0.05, 0.1) is 30.2 Å². The molecule has 1 amide bonds. The second-order valence-electron chi connectivity index (χ2n) is 4.26. The molecule has 100 valence electrons. The first kappa shape index (κ1) is 12.2. The topological polar surface area (TPSA) is 67.0 Å². The number of nitrogens with zero attached hydrogens (tertiary/aromatic N) is 1. The number of methoxy groups -OCH3 is 1. The van der Waals surface area contributed by atoms with Crippen LogP contribution in [0, 0.1) is 0 Å². The fourth-order valence-electron chi connectivity index (χ4n) is 2.09. The summed E-state index contributed by atoms with van der Waals surface area (Å²) in [5.74, 6) is 0.405. The van der Waals surface area contributed by atoms with Crippen LogP contribution in [0.3, 0.4) is 0 Å². The monoisotopic (exact) mass is 267 g/mol. The largest absolute Gasteiger partial charge is 0.495 e. The fourth-order valence-corrected chi connectivity index (χ4v) is 2.09. The van der Waals surface area contributed by atoms with E-state index in [4.69, 9.17) is 4.74 Å². The van der Waals surface area contributed by atoms with Crippen molar-refractivity contribution in [3.05, 3.63) is 54.4 Å². The van der Waals surface area contributed by atoms with Gasteiger partial charge in [0, 0.05) is 0 Å². The molecule has 0 fully saturated rings. The van der Waals surface area contributed by atoms with Crippen molar-refractivity contribution in [3.8, 4) is 5.75 Å². The molecule has 5 nitrogen and oxygen atoms in total. The molecular formula is C15H13N3O2. The van der Waals surface area contributed by atoms with E-state index in [1.165, 1.54) is 0 Å². The summed E-state index contributed by atoms with van der Waals surface area (Å²) in [6, 6.07) is 12.7. The average molecular weight is 267 g/mol. The molecule has 0 unspecified atom stereocenters. The number of amides is 1. The van der Waals surface area contributed by atoms with Crippen molar-refractivity contribution in [2.24, 2.45) is 0 Å². The first-order valence-corrected chi connectivity index (χ1v) is 6.16. The van der Waals surface area contributed by atoms with Crippen molar-refractivity contribution < 1.29 is 9.53 Å². The van der Waals surface area contributed by atoms with E-state index < -0.39 is 0 Å². The fraction of sp³-hybridized carbons (Fsp3) is 0.0667. The van der Waals surface area contributed by atoms with Crippen molar-refractivity contribution in [1.82, 2.24) is 9.97 Å². The van der Waals surface area contributed by atoms with Gasteiger partial charge >= 0.3 is 0 Å². The number of rotatable bonds is 3. The summed E-state index contributed by atoms with van der Waals surface area (Å²) in [4.78, 5) is 19.5. The number of hydrogen-bond donors (Lipinski definition) is 2. The highest BCUT2D eigenvalue weighted by atomic mass is 16.5. The van der Waals surface area contributed by atoms with E-state index in [9.17, 15) is 4.79 Å². The number of carbonyl (C=O) groups is 1. The molecule has 0 spiro atoms. The van der Waals surface area contributed by atoms with Crippen molar-refractivity contribution >= 4 is 22.6 Å². The molecule has 0 bridgehead atoms. The molecule has 1 aromatic heterocycles.